The van der Waals surface area contributed by atoms with Crippen molar-refractivity contribution in [3.63, 3.8) is 0 Å². The SMILES string of the molecule is CN(C)C1=NC2(CCN(C(=O)CC3CCc4ccccc43)CC2)C(=O)N1. The van der Waals surface area contributed by atoms with Gasteiger partial charge in [0.15, 0.2) is 0 Å². The minimum absolute atomic E-state index is 0.0296. The quantitative estimate of drug-likeness (QED) is 0.876. The summed E-state index contributed by atoms with van der Waals surface area (Å²) in [5.41, 5.74) is 2.04. The first-order valence-corrected chi connectivity index (χ1v) is 9.43. The van der Waals surface area contributed by atoms with Crippen molar-refractivity contribution < 1.29 is 9.59 Å². The van der Waals surface area contributed by atoms with E-state index >= 15 is 0 Å². The molecule has 6 heteroatoms. The van der Waals surface area contributed by atoms with Gasteiger partial charge in [-0.2, -0.15) is 0 Å². The molecule has 0 bridgehead atoms. The third-order valence-corrected chi connectivity index (χ3v) is 6.01. The molecule has 1 saturated heterocycles. The molecule has 0 aromatic heterocycles. The number of rotatable bonds is 2. The second kappa shape index (κ2) is 6.41. The van der Waals surface area contributed by atoms with Gasteiger partial charge in [-0.05, 0) is 42.7 Å². The largest absolute Gasteiger partial charge is 0.349 e. The summed E-state index contributed by atoms with van der Waals surface area (Å²) in [6, 6.07) is 8.46. The van der Waals surface area contributed by atoms with Gasteiger partial charge >= 0.3 is 0 Å². The standard InChI is InChI=1S/C20H26N4O2/c1-23(2)19-21-18(26)20(22-19)9-11-24(12-10-20)17(25)13-15-8-7-14-5-3-4-6-16(14)15/h3-6,15H,7-13H2,1-2H3,(H,21,22,26). The molecule has 1 spiro atoms. The summed E-state index contributed by atoms with van der Waals surface area (Å²) in [4.78, 5) is 33.6. The lowest BCUT2D eigenvalue weighted by Gasteiger charge is -2.36. The van der Waals surface area contributed by atoms with Crippen LogP contribution in [0.1, 0.15) is 42.7 Å². The van der Waals surface area contributed by atoms with Crippen LogP contribution < -0.4 is 5.32 Å². The lowest BCUT2D eigenvalue weighted by Crippen LogP contribution is -2.50. The van der Waals surface area contributed by atoms with Gasteiger partial charge < -0.3 is 9.80 Å². The van der Waals surface area contributed by atoms with Gasteiger partial charge in [-0.3, -0.25) is 14.9 Å². The Morgan fingerprint density at radius 1 is 1.31 bits per heavy atom. The van der Waals surface area contributed by atoms with E-state index in [9.17, 15) is 9.59 Å². The maximum Gasteiger partial charge on any atom is 0.254 e. The summed E-state index contributed by atoms with van der Waals surface area (Å²) < 4.78 is 0. The smallest absolute Gasteiger partial charge is 0.254 e. The van der Waals surface area contributed by atoms with E-state index in [4.69, 9.17) is 0 Å². The average Bonchev–Trinajstić information content (AvgIpc) is 3.18. The second-order valence-electron chi connectivity index (χ2n) is 7.83. The number of aryl methyl sites for hydroxylation is 1. The Labute approximate surface area is 154 Å². The van der Waals surface area contributed by atoms with Crippen molar-refractivity contribution in [3.8, 4) is 0 Å². The van der Waals surface area contributed by atoms with Crippen molar-refractivity contribution in [3.05, 3.63) is 35.4 Å². The van der Waals surface area contributed by atoms with E-state index in [0.29, 0.717) is 44.2 Å². The maximum absolute atomic E-state index is 12.8. The molecule has 1 aromatic carbocycles. The zero-order valence-electron chi connectivity index (χ0n) is 15.5. The van der Waals surface area contributed by atoms with Gasteiger partial charge in [0.1, 0.15) is 5.54 Å². The lowest BCUT2D eigenvalue weighted by molar-refractivity contribution is -0.135. The van der Waals surface area contributed by atoms with Crippen LogP contribution in [-0.2, 0) is 16.0 Å². The van der Waals surface area contributed by atoms with Gasteiger partial charge in [0.2, 0.25) is 11.9 Å². The van der Waals surface area contributed by atoms with Gasteiger partial charge in [0.25, 0.3) is 5.91 Å². The van der Waals surface area contributed by atoms with Crippen LogP contribution >= 0.6 is 0 Å². The van der Waals surface area contributed by atoms with E-state index < -0.39 is 5.54 Å². The minimum atomic E-state index is -0.684. The zero-order valence-corrected chi connectivity index (χ0v) is 15.5. The number of piperidine rings is 1. The first kappa shape index (κ1) is 17.1. The number of fused-ring (bicyclic) bond motifs is 1. The second-order valence-corrected chi connectivity index (χ2v) is 7.83. The van der Waals surface area contributed by atoms with Gasteiger partial charge in [0.05, 0.1) is 0 Å². The minimum Gasteiger partial charge on any atom is -0.349 e. The molecule has 2 aliphatic heterocycles. The fourth-order valence-electron chi connectivity index (χ4n) is 4.37. The lowest BCUT2D eigenvalue weighted by atomic mass is 9.87. The molecule has 0 radical (unpaired) electrons. The van der Waals surface area contributed by atoms with Crippen LogP contribution in [0, 0.1) is 0 Å². The van der Waals surface area contributed by atoms with E-state index in [2.05, 4.69) is 34.6 Å². The average molecular weight is 354 g/mol. The van der Waals surface area contributed by atoms with Crippen LogP contribution in [0.3, 0.4) is 0 Å². The van der Waals surface area contributed by atoms with Crippen LogP contribution in [0.25, 0.3) is 0 Å². The molecular formula is C20H26N4O2. The monoisotopic (exact) mass is 354 g/mol. The number of guanidine groups is 1. The Bertz CT molecular complexity index is 763. The Balaban J connectivity index is 1.38. The first-order valence-electron chi connectivity index (χ1n) is 9.43. The summed E-state index contributed by atoms with van der Waals surface area (Å²) in [7, 11) is 3.74. The van der Waals surface area contributed by atoms with Gasteiger partial charge in [0, 0.05) is 33.6 Å². The van der Waals surface area contributed by atoms with E-state index in [-0.39, 0.29) is 11.8 Å². The highest BCUT2D eigenvalue weighted by molar-refractivity contribution is 6.07. The topological polar surface area (TPSA) is 65.0 Å². The predicted molar refractivity (Wildman–Crippen MR) is 99.9 cm³/mol. The van der Waals surface area contributed by atoms with Gasteiger partial charge in [-0.15, -0.1) is 0 Å². The van der Waals surface area contributed by atoms with Crippen LogP contribution in [-0.4, -0.2) is 60.3 Å². The van der Waals surface area contributed by atoms with E-state index in [1.807, 2.05) is 23.9 Å². The number of likely N-dealkylation sites (tertiary alicyclic amines) is 1. The Morgan fingerprint density at radius 2 is 2.04 bits per heavy atom. The Hall–Kier alpha value is -2.37. The molecule has 6 nitrogen and oxygen atoms in total. The third-order valence-electron chi connectivity index (χ3n) is 6.01. The van der Waals surface area contributed by atoms with Crippen molar-refractivity contribution in [2.24, 2.45) is 4.99 Å². The molecule has 1 unspecified atom stereocenters. The number of hydrogen-bond acceptors (Lipinski definition) is 4. The molecule has 4 rings (SSSR count). The molecule has 1 aromatic rings. The first-order chi connectivity index (χ1) is 12.5. The Morgan fingerprint density at radius 3 is 2.73 bits per heavy atom. The van der Waals surface area contributed by atoms with Crippen molar-refractivity contribution >= 4 is 17.8 Å². The van der Waals surface area contributed by atoms with E-state index in [1.165, 1.54) is 11.1 Å². The number of nitrogens with zero attached hydrogens (tertiary/aromatic N) is 3. The number of carbonyl (C=O) groups is 2. The number of benzene rings is 1. The summed E-state index contributed by atoms with van der Waals surface area (Å²) in [6.45, 7) is 1.20. The number of aliphatic imine (C=N–C) groups is 1. The molecule has 138 valence electrons. The Kier molecular flexibility index (Phi) is 4.21. The molecule has 1 aliphatic carbocycles. The summed E-state index contributed by atoms with van der Waals surface area (Å²) in [6.07, 6.45) is 3.90. The van der Waals surface area contributed by atoms with Crippen LogP contribution in [0.4, 0.5) is 0 Å². The highest BCUT2D eigenvalue weighted by Crippen LogP contribution is 2.36. The number of carbonyl (C=O) groups excluding carboxylic acids is 2. The normalized spacial score (nSPS) is 23.6. The highest BCUT2D eigenvalue weighted by Gasteiger charge is 2.47. The van der Waals surface area contributed by atoms with E-state index in [1.54, 1.807) is 0 Å². The van der Waals surface area contributed by atoms with E-state index in [0.717, 1.165) is 12.8 Å². The molecule has 1 N–H and O–H groups in total. The fraction of sp³-hybridized carbons (Fsp3) is 0.550. The third kappa shape index (κ3) is 2.87. The number of hydrogen-bond donors (Lipinski definition) is 1. The van der Waals surface area contributed by atoms with Crippen LogP contribution in [0.5, 0.6) is 0 Å². The molecule has 26 heavy (non-hydrogen) atoms. The summed E-state index contributed by atoms with van der Waals surface area (Å²) >= 11 is 0. The van der Waals surface area contributed by atoms with Gasteiger partial charge in [-0.1, -0.05) is 24.3 Å². The molecule has 2 amide bonds. The molecule has 2 heterocycles. The molecular weight excluding hydrogens is 328 g/mol. The maximum atomic E-state index is 12.8. The molecule has 0 saturated carbocycles. The van der Waals surface area contributed by atoms with Crippen molar-refractivity contribution in [2.45, 2.75) is 43.6 Å². The molecule has 3 aliphatic rings. The van der Waals surface area contributed by atoms with Crippen LogP contribution in [0.2, 0.25) is 0 Å². The highest BCUT2D eigenvalue weighted by atomic mass is 16.2. The van der Waals surface area contributed by atoms with Crippen molar-refractivity contribution in [1.82, 2.24) is 15.1 Å². The zero-order chi connectivity index (χ0) is 18.3. The fourth-order valence-corrected chi connectivity index (χ4v) is 4.37. The summed E-state index contributed by atoms with van der Waals surface area (Å²) in [5, 5.41) is 2.86. The molecule has 1 atom stereocenters. The molecule has 1 fully saturated rings. The van der Waals surface area contributed by atoms with Crippen molar-refractivity contribution in [1.29, 1.82) is 0 Å². The van der Waals surface area contributed by atoms with Crippen LogP contribution in [0.15, 0.2) is 29.3 Å². The van der Waals surface area contributed by atoms with Crippen molar-refractivity contribution in [2.75, 3.05) is 27.2 Å². The number of nitrogens with one attached hydrogen (secondary N) is 1. The summed E-state index contributed by atoms with van der Waals surface area (Å²) in [5.74, 6) is 1.13. The predicted octanol–water partition coefficient (Wildman–Crippen LogP) is 1.52. The number of amides is 2. The van der Waals surface area contributed by atoms with Gasteiger partial charge in [-0.25, -0.2) is 4.99 Å².